The Morgan fingerprint density at radius 2 is 1.89 bits per heavy atom. The Kier molecular flexibility index (Phi) is 3.28. The maximum Gasteiger partial charge on any atom is 0.341 e. The van der Waals surface area contributed by atoms with Crippen molar-refractivity contribution >= 4 is 22.5 Å². The van der Waals surface area contributed by atoms with Gasteiger partial charge in [-0.1, -0.05) is 30.3 Å². The number of ketones is 1. The van der Waals surface area contributed by atoms with Gasteiger partial charge in [0, 0.05) is 5.39 Å². The number of rotatable bonds is 4. The summed E-state index contributed by atoms with van der Waals surface area (Å²) in [6, 6.07) is 10.9. The molecule has 0 aromatic heterocycles. The van der Waals surface area contributed by atoms with Crippen LogP contribution >= 0.6 is 0 Å². The molecule has 0 aliphatic rings. The van der Waals surface area contributed by atoms with Gasteiger partial charge in [-0.3, -0.25) is 4.79 Å². The van der Waals surface area contributed by atoms with E-state index in [0.717, 1.165) is 10.8 Å². The molecule has 0 spiro atoms. The van der Waals surface area contributed by atoms with Gasteiger partial charge in [0.05, 0.1) is 5.56 Å². The molecule has 0 saturated carbocycles. The summed E-state index contributed by atoms with van der Waals surface area (Å²) in [5.41, 5.74) is 0.398. The highest BCUT2D eigenvalue weighted by Gasteiger charge is 2.13. The van der Waals surface area contributed by atoms with Crippen LogP contribution in [0.4, 0.5) is 0 Å². The maximum atomic E-state index is 11.5. The minimum atomic E-state index is -1.07. The van der Waals surface area contributed by atoms with Crippen molar-refractivity contribution in [3.05, 3.63) is 42.0 Å². The Morgan fingerprint density at radius 1 is 1.17 bits per heavy atom. The Balaban J connectivity index is 2.58. The molecule has 92 valence electrons. The first-order valence-electron chi connectivity index (χ1n) is 5.47. The number of carboxylic acids is 1. The number of carbonyl (C=O) groups is 2. The fourth-order valence-electron chi connectivity index (χ4n) is 1.81. The molecule has 4 heteroatoms. The largest absolute Gasteiger partial charge is 0.480 e. The van der Waals surface area contributed by atoms with E-state index in [1.807, 2.05) is 24.3 Å². The molecule has 18 heavy (non-hydrogen) atoms. The van der Waals surface area contributed by atoms with Crippen LogP contribution in [0.1, 0.15) is 17.3 Å². The number of aliphatic carboxylic acids is 1. The Bertz CT molecular complexity index is 616. The summed E-state index contributed by atoms with van der Waals surface area (Å²) in [5.74, 6) is -0.887. The van der Waals surface area contributed by atoms with Crippen LogP contribution < -0.4 is 4.74 Å². The fourth-order valence-corrected chi connectivity index (χ4v) is 1.81. The van der Waals surface area contributed by atoms with Crippen LogP contribution in [-0.2, 0) is 4.79 Å². The number of hydrogen-bond donors (Lipinski definition) is 1. The molecule has 4 nitrogen and oxygen atoms in total. The lowest BCUT2D eigenvalue weighted by Gasteiger charge is -2.11. The van der Waals surface area contributed by atoms with E-state index in [-0.39, 0.29) is 5.78 Å². The van der Waals surface area contributed by atoms with Crippen molar-refractivity contribution in [2.45, 2.75) is 6.92 Å². The summed E-state index contributed by atoms with van der Waals surface area (Å²) in [6.45, 7) is 0.964. The second kappa shape index (κ2) is 4.87. The molecule has 0 aliphatic carbocycles. The van der Waals surface area contributed by atoms with Gasteiger partial charge in [0.1, 0.15) is 5.75 Å². The monoisotopic (exact) mass is 244 g/mol. The summed E-state index contributed by atoms with van der Waals surface area (Å²) in [4.78, 5) is 22.1. The molecule has 0 bridgehead atoms. The minimum Gasteiger partial charge on any atom is -0.480 e. The Morgan fingerprint density at radius 3 is 2.56 bits per heavy atom. The highest BCUT2D eigenvalue weighted by Crippen LogP contribution is 2.30. The van der Waals surface area contributed by atoms with Crippen LogP contribution in [0.3, 0.4) is 0 Å². The average Bonchev–Trinajstić information content (AvgIpc) is 2.35. The van der Waals surface area contributed by atoms with Crippen LogP contribution in [0, 0.1) is 0 Å². The van der Waals surface area contributed by atoms with E-state index in [1.165, 1.54) is 6.92 Å². The van der Waals surface area contributed by atoms with E-state index in [2.05, 4.69) is 0 Å². The second-order valence-electron chi connectivity index (χ2n) is 3.90. The molecule has 2 rings (SSSR count). The Hall–Kier alpha value is -2.36. The summed E-state index contributed by atoms with van der Waals surface area (Å²) in [6.07, 6.45) is 0. The fraction of sp³-hybridized carbons (Fsp3) is 0.143. The van der Waals surface area contributed by atoms with Gasteiger partial charge in [0.15, 0.2) is 12.4 Å². The molecule has 2 aromatic carbocycles. The van der Waals surface area contributed by atoms with Crippen LogP contribution in [-0.4, -0.2) is 23.5 Å². The first-order chi connectivity index (χ1) is 8.59. The van der Waals surface area contributed by atoms with Crippen molar-refractivity contribution in [2.24, 2.45) is 0 Å². The molecule has 0 saturated heterocycles. The van der Waals surface area contributed by atoms with E-state index >= 15 is 0 Å². The lowest BCUT2D eigenvalue weighted by atomic mass is 10.0. The van der Waals surface area contributed by atoms with Crippen LogP contribution in [0.2, 0.25) is 0 Å². The molecule has 0 aliphatic heterocycles. The molecule has 0 heterocycles. The van der Waals surface area contributed by atoms with E-state index < -0.39 is 12.6 Å². The van der Waals surface area contributed by atoms with Gasteiger partial charge in [-0.15, -0.1) is 0 Å². The van der Waals surface area contributed by atoms with Gasteiger partial charge in [0.25, 0.3) is 0 Å². The minimum absolute atomic E-state index is 0.152. The summed E-state index contributed by atoms with van der Waals surface area (Å²) < 4.78 is 5.25. The standard InChI is InChI=1S/C14H12O4/c1-9(15)11-7-6-10-4-2-3-5-12(10)14(11)18-8-13(16)17/h2-7H,8H2,1H3,(H,16,17). The summed E-state index contributed by atoms with van der Waals surface area (Å²) >= 11 is 0. The maximum absolute atomic E-state index is 11.5. The van der Waals surface area contributed by atoms with Crippen LogP contribution in [0.15, 0.2) is 36.4 Å². The van der Waals surface area contributed by atoms with Crippen molar-refractivity contribution in [3.63, 3.8) is 0 Å². The third kappa shape index (κ3) is 2.32. The molecule has 0 atom stereocenters. The quantitative estimate of drug-likeness (QED) is 0.839. The third-order valence-electron chi connectivity index (χ3n) is 2.60. The molecule has 0 fully saturated rings. The number of carbonyl (C=O) groups excluding carboxylic acids is 1. The van der Waals surface area contributed by atoms with E-state index in [1.54, 1.807) is 12.1 Å². The first-order valence-corrected chi connectivity index (χ1v) is 5.47. The summed E-state index contributed by atoms with van der Waals surface area (Å²) in [5, 5.41) is 10.3. The molecular formula is C14H12O4. The van der Waals surface area contributed by atoms with Gasteiger partial charge in [-0.25, -0.2) is 4.79 Å². The second-order valence-corrected chi connectivity index (χ2v) is 3.90. The first kappa shape index (κ1) is 12.1. The zero-order valence-corrected chi connectivity index (χ0v) is 9.84. The number of ether oxygens (including phenoxy) is 1. The lowest BCUT2D eigenvalue weighted by molar-refractivity contribution is -0.139. The highest BCUT2D eigenvalue weighted by molar-refractivity contribution is 6.03. The van der Waals surface area contributed by atoms with Crippen molar-refractivity contribution in [1.29, 1.82) is 0 Å². The van der Waals surface area contributed by atoms with Crippen LogP contribution in [0.5, 0.6) is 5.75 Å². The number of carboxylic acid groups (broad SMARTS) is 1. The molecular weight excluding hydrogens is 232 g/mol. The van der Waals surface area contributed by atoms with Crippen LogP contribution in [0.25, 0.3) is 10.8 Å². The highest BCUT2D eigenvalue weighted by atomic mass is 16.5. The van der Waals surface area contributed by atoms with Gasteiger partial charge in [-0.05, 0) is 18.4 Å². The molecule has 0 radical (unpaired) electrons. The smallest absolute Gasteiger partial charge is 0.341 e. The lowest BCUT2D eigenvalue weighted by Crippen LogP contribution is -2.11. The van der Waals surface area contributed by atoms with E-state index in [9.17, 15) is 9.59 Å². The molecule has 0 unspecified atom stereocenters. The van der Waals surface area contributed by atoms with E-state index in [4.69, 9.17) is 9.84 Å². The zero-order valence-electron chi connectivity index (χ0n) is 9.84. The average molecular weight is 244 g/mol. The Labute approximate surface area is 104 Å². The molecule has 2 aromatic rings. The van der Waals surface area contributed by atoms with Gasteiger partial charge < -0.3 is 9.84 Å². The number of fused-ring (bicyclic) bond motifs is 1. The number of Topliss-reactive ketones (excluding diaryl/α,β-unsaturated/α-hetero) is 1. The zero-order chi connectivity index (χ0) is 13.1. The van der Waals surface area contributed by atoms with Crippen molar-refractivity contribution in [1.82, 2.24) is 0 Å². The van der Waals surface area contributed by atoms with Crippen molar-refractivity contribution in [3.8, 4) is 5.75 Å². The van der Waals surface area contributed by atoms with Gasteiger partial charge in [0.2, 0.25) is 0 Å². The number of hydrogen-bond acceptors (Lipinski definition) is 3. The topological polar surface area (TPSA) is 63.6 Å². The predicted molar refractivity (Wildman–Crippen MR) is 67.1 cm³/mol. The van der Waals surface area contributed by atoms with E-state index in [0.29, 0.717) is 11.3 Å². The molecule has 1 N–H and O–H groups in total. The number of benzene rings is 2. The van der Waals surface area contributed by atoms with Gasteiger partial charge in [-0.2, -0.15) is 0 Å². The summed E-state index contributed by atoms with van der Waals surface area (Å²) in [7, 11) is 0. The predicted octanol–water partition coefficient (Wildman–Crippen LogP) is 2.51. The molecule has 0 amide bonds. The third-order valence-corrected chi connectivity index (χ3v) is 2.60. The van der Waals surface area contributed by atoms with Crippen molar-refractivity contribution < 1.29 is 19.4 Å². The van der Waals surface area contributed by atoms with Gasteiger partial charge >= 0.3 is 5.97 Å². The van der Waals surface area contributed by atoms with Crippen molar-refractivity contribution in [2.75, 3.05) is 6.61 Å². The normalized spacial score (nSPS) is 10.3. The SMILES string of the molecule is CC(=O)c1ccc2ccccc2c1OCC(=O)O.